The van der Waals surface area contributed by atoms with Crippen LogP contribution in [0.5, 0.6) is 0 Å². The third-order valence-electron chi connectivity index (χ3n) is 1.31. The first kappa shape index (κ1) is 13.3. The minimum Gasteiger partial charge on any atom is -0.480 e. The lowest BCUT2D eigenvalue weighted by atomic mass is 10.7. The van der Waals surface area contributed by atoms with Gasteiger partial charge in [-0.1, -0.05) is 0 Å². The molecule has 84 valence electrons. The van der Waals surface area contributed by atoms with E-state index in [-0.39, 0.29) is 12.4 Å². The van der Waals surface area contributed by atoms with Gasteiger partial charge in [-0.05, 0) is 0 Å². The molecular weight excluding hydrogens is 212 g/mol. The highest BCUT2D eigenvalue weighted by Crippen LogP contribution is 1.90. The summed E-state index contributed by atoms with van der Waals surface area (Å²) in [6.07, 6.45) is 0. The molecule has 0 amide bonds. The van der Waals surface area contributed by atoms with Crippen molar-refractivity contribution in [2.45, 2.75) is 0 Å². The van der Waals surface area contributed by atoms with Gasteiger partial charge in [0, 0.05) is 7.11 Å². The van der Waals surface area contributed by atoms with Crippen LogP contribution in [-0.2, 0) is 24.1 Å². The summed E-state index contributed by atoms with van der Waals surface area (Å²) in [4.78, 5) is 10.1. The normalized spacial score (nSPS) is 11.5. The number of hydrogen-bond acceptors (Lipinski definition) is 5. The van der Waals surface area contributed by atoms with Gasteiger partial charge in [0.1, 0.15) is 5.75 Å². The molecule has 0 atom stereocenters. The van der Waals surface area contributed by atoms with E-state index in [0.29, 0.717) is 13.2 Å². The van der Waals surface area contributed by atoms with Gasteiger partial charge in [-0.3, -0.25) is 4.79 Å². The topological polar surface area (TPSA) is 89.9 Å². The summed E-state index contributed by atoms with van der Waals surface area (Å²) < 4.78 is 31.5. The SMILES string of the molecule is COCCOCCS(=O)(=O)CC(=O)O. The zero-order valence-electron chi connectivity index (χ0n) is 7.93. The van der Waals surface area contributed by atoms with Gasteiger partial charge >= 0.3 is 5.97 Å². The summed E-state index contributed by atoms with van der Waals surface area (Å²) in [6, 6.07) is 0. The van der Waals surface area contributed by atoms with E-state index in [4.69, 9.17) is 9.84 Å². The van der Waals surface area contributed by atoms with E-state index in [2.05, 4.69) is 4.74 Å². The molecule has 14 heavy (non-hydrogen) atoms. The third kappa shape index (κ3) is 7.96. The van der Waals surface area contributed by atoms with Crippen LogP contribution in [0, 0.1) is 0 Å². The average molecular weight is 226 g/mol. The van der Waals surface area contributed by atoms with Crippen LogP contribution in [0.3, 0.4) is 0 Å². The Morgan fingerprint density at radius 3 is 2.43 bits per heavy atom. The van der Waals surface area contributed by atoms with Crippen LogP contribution < -0.4 is 0 Å². The Hall–Kier alpha value is -0.660. The third-order valence-corrected chi connectivity index (χ3v) is 2.79. The molecule has 0 bridgehead atoms. The first-order chi connectivity index (χ1) is 6.48. The zero-order valence-corrected chi connectivity index (χ0v) is 8.75. The van der Waals surface area contributed by atoms with E-state index in [9.17, 15) is 13.2 Å². The van der Waals surface area contributed by atoms with Gasteiger partial charge in [0.2, 0.25) is 0 Å². The number of ether oxygens (including phenoxy) is 2. The molecule has 1 N–H and O–H groups in total. The van der Waals surface area contributed by atoms with Gasteiger partial charge in [-0.2, -0.15) is 0 Å². The van der Waals surface area contributed by atoms with Crippen molar-refractivity contribution in [3.05, 3.63) is 0 Å². The van der Waals surface area contributed by atoms with Crippen LogP contribution >= 0.6 is 0 Å². The maximum atomic E-state index is 11.0. The zero-order chi connectivity index (χ0) is 11.0. The minimum absolute atomic E-state index is 0.00102. The number of aliphatic carboxylic acids is 1. The molecule has 0 fully saturated rings. The maximum Gasteiger partial charge on any atom is 0.318 e. The second-order valence-electron chi connectivity index (χ2n) is 2.59. The predicted octanol–water partition coefficient (Wildman–Crippen LogP) is -0.851. The van der Waals surface area contributed by atoms with Gasteiger partial charge in [-0.15, -0.1) is 0 Å². The van der Waals surface area contributed by atoms with Crippen molar-refractivity contribution in [2.75, 3.05) is 38.4 Å². The fourth-order valence-electron chi connectivity index (χ4n) is 0.691. The molecule has 0 saturated carbocycles. The van der Waals surface area contributed by atoms with Crippen LogP contribution in [0.2, 0.25) is 0 Å². The molecule has 7 heteroatoms. The monoisotopic (exact) mass is 226 g/mol. The van der Waals surface area contributed by atoms with E-state index in [1.54, 1.807) is 0 Å². The molecule has 0 aromatic rings. The van der Waals surface area contributed by atoms with Crippen LogP contribution in [0.4, 0.5) is 0 Å². The standard InChI is InChI=1S/C7H14O6S/c1-12-2-3-13-4-5-14(10,11)6-7(8)9/h2-6H2,1H3,(H,8,9). The van der Waals surface area contributed by atoms with E-state index < -0.39 is 21.6 Å². The highest BCUT2D eigenvalue weighted by Gasteiger charge is 2.15. The highest BCUT2D eigenvalue weighted by atomic mass is 32.2. The summed E-state index contributed by atoms with van der Waals surface area (Å²) in [5, 5.41) is 8.25. The highest BCUT2D eigenvalue weighted by molar-refractivity contribution is 7.92. The van der Waals surface area contributed by atoms with Crippen molar-refractivity contribution in [3.8, 4) is 0 Å². The van der Waals surface area contributed by atoms with Crippen molar-refractivity contribution >= 4 is 15.8 Å². The van der Waals surface area contributed by atoms with Gasteiger partial charge in [-0.25, -0.2) is 8.42 Å². The number of carboxylic acids is 1. The number of carboxylic acid groups (broad SMARTS) is 1. The largest absolute Gasteiger partial charge is 0.480 e. The molecule has 0 aliphatic rings. The van der Waals surface area contributed by atoms with Crippen LogP contribution in [0.15, 0.2) is 0 Å². The summed E-state index contributed by atoms with van der Waals surface area (Å²) in [5.74, 6) is -2.47. The van der Waals surface area contributed by atoms with Crippen molar-refractivity contribution in [1.29, 1.82) is 0 Å². The Kier molecular flexibility index (Phi) is 6.43. The van der Waals surface area contributed by atoms with Gasteiger partial charge < -0.3 is 14.6 Å². The molecule has 0 saturated heterocycles. The summed E-state index contributed by atoms with van der Waals surface area (Å²) in [7, 11) is -2.03. The minimum atomic E-state index is -3.53. The second kappa shape index (κ2) is 6.74. The molecule has 6 nitrogen and oxygen atoms in total. The molecule has 0 rings (SSSR count). The first-order valence-corrected chi connectivity index (χ1v) is 5.79. The number of hydrogen-bond donors (Lipinski definition) is 1. The summed E-state index contributed by atoms with van der Waals surface area (Å²) in [5.41, 5.74) is 0. The molecule has 0 unspecified atom stereocenters. The summed E-state index contributed by atoms with van der Waals surface area (Å²) >= 11 is 0. The van der Waals surface area contributed by atoms with Crippen LogP contribution in [0.1, 0.15) is 0 Å². The van der Waals surface area contributed by atoms with Crippen molar-refractivity contribution < 1.29 is 27.8 Å². The van der Waals surface area contributed by atoms with Crippen molar-refractivity contribution in [1.82, 2.24) is 0 Å². The number of carbonyl (C=O) groups is 1. The molecule has 0 radical (unpaired) electrons. The van der Waals surface area contributed by atoms with E-state index in [1.807, 2.05) is 0 Å². The molecule has 0 aromatic carbocycles. The van der Waals surface area contributed by atoms with Gasteiger partial charge in [0.15, 0.2) is 9.84 Å². The fourth-order valence-corrected chi connectivity index (χ4v) is 1.58. The fraction of sp³-hybridized carbons (Fsp3) is 0.857. The van der Waals surface area contributed by atoms with E-state index in [1.165, 1.54) is 7.11 Å². The maximum absolute atomic E-state index is 11.0. The number of rotatable bonds is 8. The predicted molar refractivity (Wildman–Crippen MR) is 49.0 cm³/mol. The molecule has 0 heterocycles. The lowest BCUT2D eigenvalue weighted by molar-refractivity contribution is -0.134. The Morgan fingerprint density at radius 1 is 1.29 bits per heavy atom. The number of sulfone groups is 1. The van der Waals surface area contributed by atoms with Crippen molar-refractivity contribution in [2.24, 2.45) is 0 Å². The lowest BCUT2D eigenvalue weighted by Gasteiger charge is -2.03. The van der Waals surface area contributed by atoms with Gasteiger partial charge in [0.25, 0.3) is 0 Å². The Bertz CT molecular complexity index is 257. The smallest absolute Gasteiger partial charge is 0.318 e. The molecule has 0 aromatic heterocycles. The van der Waals surface area contributed by atoms with Gasteiger partial charge in [0.05, 0.1) is 25.6 Å². The number of methoxy groups -OCH3 is 1. The average Bonchev–Trinajstić information content (AvgIpc) is 2.01. The Balaban J connectivity index is 3.61. The molecule has 0 spiro atoms. The van der Waals surface area contributed by atoms with Crippen LogP contribution in [0.25, 0.3) is 0 Å². The van der Waals surface area contributed by atoms with Crippen molar-refractivity contribution in [3.63, 3.8) is 0 Å². The van der Waals surface area contributed by atoms with E-state index in [0.717, 1.165) is 0 Å². The van der Waals surface area contributed by atoms with Crippen LogP contribution in [-0.4, -0.2) is 57.9 Å². The molecule has 0 aliphatic heterocycles. The lowest BCUT2D eigenvalue weighted by Crippen LogP contribution is -2.21. The molecule has 0 aliphatic carbocycles. The Morgan fingerprint density at radius 2 is 1.93 bits per heavy atom. The molecular formula is C7H14O6S. The summed E-state index contributed by atoms with van der Waals surface area (Å²) in [6.45, 7) is 0.692. The Labute approximate surface area is 82.7 Å². The van der Waals surface area contributed by atoms with E-state index >= 15 is 0 Å². The quantitative estimate of drug-likeness (QED) is 0.542. The second-order valence-corrected chi connectivity index (χ2v) is 4.78. The first-order valence-electron chi connectivity index (χ1n) is 3.97.